The van der Waals surface area contributed by atoms with Crippen molar-refractivity contribution in [3.05, 3.63) is 0 Å². The van der Waals surface area contributed by atoms with Crippen LogP contribution in [0.3, 0.4) is 0 Å². The van der Waals surface area contributed by atoms with Gasteiger partial charge in [-0.05, 0) is 13.3 Å². The molecule has 0 radical (unpaired) electrons. The van der Waals surface area contributed by atoms with Crippen LogP contribution in [0, 0.1) is 5.41 Å². The molecular weight excluding hydrogens is 206 g/mol. The minimum atomic E-state index is -0.273. The maximum Gasteiger partial charge on any atom is 0.189 e. The number of ether oxygens (including phenoxy) is 1. The van der Waals surface area contributed by atoms with Gasteiger partial charge in [-0.3, -0.25) is 0 Å². The highest BCUT2D eigenvalue weighted by molar-refractivity contribution is 5.78. The fraction of sp³-hybridized carbons (Fsp3) is 0.909. The Hall–Kier alpha value is -0.810. The summed E-state index contributed by atoms with van der Waals surface area (Å²) in [6, 6.07) is 0.242. The molecular formula is C11H23N3O2. The van der Waals surface area contributed by atoms with Crippen LogP contribution in [0.2, 0.25) is 0 Å². The van der Waals surface area contributed by atoms with E-state index < -0.39 is 0 Å². The second kappa shape index (κ2) is 5.01. The molecule has 16 heavy (non-hydrogen) atoms. The quantitative estimate of drug-likeness (QED) is 0.471. The second-order valence-corrected chi connectivity index (χ2v) is 5.10. The highest BCUT2D eigenvalue weighted by Gasteiger charge is 2.47. The summed E-state index contributed by atoms with van der Waals surface area (Å²) in [5.41, 5.74) is 5.61. The molecule has 0 aromatic rings. The number of aliphatic hydroxyl groups is 1. The Morgan fingerprint density at radius 1 is 1.69 bits per heavy atom. The van der Waals surface area contributed by atoms with E-state index in [1.807, 2.05) is 20.8 Å². The first-order valence-electron chi connectivity index (χ1n) is 5.64. The molecule has 4 N–H and O–H groups in total. The molecule has 0 spiro atoms. The van der Waals surface area contributed by atoms with Gasteiger partial charge in [0.05, 0.1) is 18.8 Å². The number of methoxy groups -OCH3 is 1. The van der Waals surface area contributed by atoms with Gasteiger partial charge in [-0.25, -0.2) is 4.99 Å². The second-order valence-electron chi connectivity index (χ2n) is 5.10. The Morgan fingerprint density at radius 3 is 2.75 bits per heavy atom. The van der Waals surface area contributed by atoms with Crippen LogP contribution in [0.25, 0.3) is 0 Å². The first-order valence-corrected chi connectivity index (χ1v) is 5.64. The van der Waals surface area contributed by atoms with E-state index in [2.05, 4.69) is 10.3 Å². The van der Waals surface area contributed by atoms with Gasteiger partial charge in [0.25, 0.3) is 0 Å². The van der Waals surface area contributed by atoms with Crippen molar-refractivity contribution in [1.82, 2.24) is 5.32 Å². The molecule has 94 valence electrons. The van der Waals surface area contributed by atoms with Crippen LogP contribution in [-0.2, 0) is 4.74 Å². The van der Waals surface area contributed by atoms with Gasteiger partial charge in [0.2, 0.25) is 0 Å². The number of hydrogen-bond donors (Lipinski definition) is 3. The number of guanidine groups is 1. The van der Waals surface area contributed by atoms with Crippen molar-refractivity contribution in [1.29, 1.82) is 0 Å². The van der Waals surface area contributed by atoms with Crippen LogP contribution >= 0.6 is 0 Å². The van der Waals surface area contributed by atoms with Crippen molar-refractivity contribution in [2.45, 2.75) is 45.4 Å². The Balaban J connectivity index is 2.45. The lowest BCUT2D eigenvalue weighted by Crippen LogP contribution is -2.54. The van der Waals surface area contributed by atoms with E-state index in [0.717, 1.165) is 0 Å². The van der Waals surface area contributed by atoms with E-state index >= 15 is 0 Å². The van der Waals surface area contributed by atoms with Crippen molar-refractivity contribution in [3.8, 4) is 0 Å². The molecule has 1 rings (SSSR count). The topological polar surface area (TPSA) is 79.9 Å². The van der Waals surface area contributed by atoms with Crippen molar-refractivity contribution < 1.29 is 9.84 Å². The molecule has 1 saturated carbocycles. The number of nitrogens with zero attached hydrogens (tertiary/aromatic N) is 1. The Bertz CT molecular complexity index is 266. The molecule has 1 fully saturated rings. The van der Waals surface area contributed by atoms with Gasteiger partial charge in [0.15, 0.2) is 5.96 Å². The first kappa shape index (κ1) is 13.3. The third-order valence-electron chi connectivity index (χ3n) is 3.27. The largest absolute Gasteiger partial charge is 0.392 e. The maximum absolute atomic E-state index is 9.57. The van der Waals surface area contributed by atoms with Crippen molar-refractivity contribution in [3.63, 3.8) is 0 Å². The molecule has 5 heteroatoms. The highest BCUT2D eigenvalue weighted by Crippen LogP contribution is 2.42. The number of rotatable bonds is 4. The van der Waals surface area contributed by atoms with Crippen molar-refractivity contribution >= 4 is 5.96 Å². The van der Waals surface area contributed by atoms with Crippen LogP contribution in [0.4, 0.5) is 0 Å². The van der Waals surface area contributed by atoms with Crippen LogP contribution in [0.5, 0.6) is 0 Å². The zero-order valence-corrected chi connectivity index (χ0v) is 10.5. The zero-order valence-electron chi connectivity index (χ0n) is 10.5. The molecule has 5 nitrogen and oxygen atoms in total. The van der Waals surface area contributed by atoms with Gasteiger partial charge in [-0.2, -0.15) is 0 Å². The average Bonchev–Trinajstić information content (AvgIpc) is 2.17. The molecule has 0 aromatic heterocycles. The van der Waals surface area contributed by atoms with E-state index in [9.17, 15) is 5.11 Å². The average molecular weight is 229 g/mol. The van der Waals surface area contributed by atoms with Crippen LogP contribution in [0.15, 0.2) is 4.99 Å². The fourth-order valence-electron chi connectivity index (χ4n) is 1.85. The first-order chi connectivity index (χ1) is 7.37. The van der Waals surface area contributed by atoms with Gasteiger partial charge in [0.1, 0.15) is 0 Å². The molecule has 1 aliphatic rings. The van der Waals surface area contributed by atoms with E-state index in [-0.39, 0.29) is 23.6 Å². The van der Waals surface area contributed by atoms with E-state index in [0.29, 0.717) is 19.0 Å². The number of nitrogens with two attached hydrogens (primary N) is 1. The third-order valence-corrected chi connectivity index (χ3v) is 3.27. The highest BCUT2D eigenvalue weighted by atomic mass is 16.5. The Labute approximate surface area is 97.1 Å². The van der Waals surface area contributed by atoms with E-state index in [1.54, 1.807) is 7.11 Å². The van der Waals surface area contributed by atoms with Gasteiger partial charge in [-0.15, -0.1) is 0 Å². The van der Waals surface area contributed by atoms with Crippen LogP contribution < -0.4 is 11.1 Å². The summed E-state index contributed by atoms with van der Waals surface area (Å²) < 4.78 is 4.99. The molecule has 1 aliphatic carbocycles. The molecule has 0 aliphatic heterocycles. The minimum absolute atomic E-state index is 0.102. The summed E-state index contributed by atoms with van der Waals surface area (Å²) in [6.07, 6.45) is 0.416. The third kappa shape index (κ3) is 2.86. The Kier molecular flexibility index (Phi) is 4.15. The molecule has 0 saturated heterocycles. The summed E-state index contributed by atoms with van der Waals surface area (Å²) >= 11 is 0. The zero-order chi connectivity index (χ0) is 12.3. The summed E-state index contributed by atoms with van der Waals surface area (Å²) in [4.78, 5) is 4.38. The molecule has 0 aromatic carbocycles. The van der Waals surface area contributed by atoms with Gasteiger partial charge < -0.3 is 20.9 Å². The van der Waals surface area contributed by atoms with Crippen LogP contribution in [-0.4, -0.2) is 43.0 Å². The van der Waals surface area contributed by atoms with Gasteiger partial charge in [0, 0.05) is 18.6 Å². The van der Waals surface area contributed by atoms with Crippen LogP contribution in [0.1, 0.15) is 27.2 Å². The monoisotopic (exact) mass is 229 g/mol. The summed E-state index contributed by atoms with van der Waals surface area (Å²) in [7, 11) is 1.65. The van der Waals surface area contributed by atoms with Crippen molar-refractivity contribution in [2.75, 3.05) is 13.7 Å². The number of aliphatic hydroxyl groups excluding tert-OH is 1. The van der Waals surface area contributed by atoms with E-state index in [1.165, 1.54) is 0 Å². The predicted molar refractivity (Wildman–Crippen MR) is 64.3 cm³/mol. The SMILES string of the molecule is COCC(C)NC(N)=NC1CC(O)C1(C)C. The summed E-state index contributed by atoms with van der Waals surface area (Å²) in [6.45, 7) is 6.57. The standard InChI is InChI=1S/C11H23N3O2/c1-7(6-16-4)13-10(12)14-8-5-9(15)11(8,2)3/h7-9,15H,5-6H2,1-4H3,(H3,12,13,14). The number of aliphatic imine (C=N–C) groups is 1. The molecule has 3 unspecified atom stereocenters. The lowest BCUT2D eigenvalue weighted by Gasteiger charge is -2.47. The number of nitrogens with one attached hydrogen (secondary N) is 1. The molecule has 0 heterocycles. The van der Waals surface area contributed by atoms with E-state index in [4.69, 9.17) is 10.5 Å². The summed E-state index contributed by atoms with van der Waals surface area (Å²) in [5, 5.41) is 12.6. The van der Waals surface area contributed by atoms with Gasteiger partial charge in [-0.1, -0.05) is 13.8 Å². The smallest absolute Gasteiger partial charge is 0.189 e. The summed E-state index contributed by atoms with van der Waals surface area (Å²) in [5.74, 6) is 0.425. The lowest BCUT2D eigenvalue weighted by atomic mass is 9.65. The predicted octanol–water partition coefficient (Wildman–Crippen LogP) is 0.0850. The minimum Gasteiger partial charge on any atom is -0.392 e. The molecule has 3 atom stereocenters. The normalized spacial score (nSPS) is 30.7. The Morgan fingerprint density at radius 2 is 2.31 bits per heavy atom. The van der Waals surface area contributed by atoms with Crippen molar-refractivity contribution in [2.24, 2.45) is 16.1 Å². The lowest BCUT2D eigenvalue weighted by molar-refractivity contribution is -0.0577. The maximum atomic E-state index is 9.57. The van der Waals surface area contributed by atoms with Gasteiger partial charge >= 0.3 is 0 Å². The fourth-order valence-corrected chi connectivity index (χ4v) is 1.85. The molecule has 0 amide bonds. The number of hydrogen-bond acceptors (Lipinski definition) is 3. The molecule has 0 bridgehead atoms.